The van der Waals surface area contributed by atoms with Gasteiger partial charge in [0.05, 0.1) is 0 Å². The summed E-state index contributed by atoms with van der Waals surface area (Å²) < 4.78 is 0. The SMILES string of the molecule is CNC(=O)CCN1CCC(CNC(C)C)CC1. The lowest BCUT2D eigenvalue weighted by Crippen LogP contribution is -2.40. The predicted octanol–water partition coefficient (Wildman–Crippen LogP) is 0.833. The molecule has 1 heterocycles. The first-order valence-corrected chi connectivity index (χ1v) is 6.78. The highest BCUT2D eigenvalue weighted by Gasteiger charge is 2.19. The van der Waals surface area contributed by atoms with Crippen LogP contribution in [0.5, 0.6) is 0 Å². The summed E-state index contributed by atoms with van der Waals surface area (Å²) in [5.74, 6) is 0.960. The van der Waals surface area contributed by atoms with Crippen LogP contribution >= 0.6 is 0 Å². The van der Waals surface area contributed by atoms with E-state index in [-0.39, 0.29) is 5.91 Å². The van der Waals surface area contributed by atoms with E-state index < -0.39 is 0 Å². The van der Waals surface area contributed by atoms with Crippen molar-refractivity contribution >= 4 is 5.91 Å². The molecule has 0 bridgehead atoms. The fourth-order valence-electron chi connectivity index (χ4n) is 2.20. The molecule has 0 aromatic carbocycles. The first kappa shape index (κ1) is 14.5. The second-order valence-electron chi connectivity index (χ2n) is 5.27. The molecule has 0 unspecified atom stereocenters. The highest BCUT2D eigenvalue weighted by Crippen LogP contribution is 2.16. The zero-order chi connectivity index (χ0) is 12.7. The average molecular weight is 241 g/mol. The van der Waals surface area contributed by atoms with Gasteiger partial charge in [0.15, 0.2) is 0 Å². The molecule has 100 valence electrons. The maximum Gasteiger partial charge on any atom is 0.221 e. The van der Waals surface area contributed by atoms with Gasteiger partial charge in [0.25, 0.3) is 0 Å². The zero-order valence-corrected chi connectivity index (χ0v) is 11.5. The van der Waals surface area contributed by atoms with Gasteiger partial charge in [-0.3, -0.25) is 4.79 Å². The Kier molecular flexibility index (Phi) is 6.52. The molecule has 2 N–H and O–H groups in total. The molecule has 0 aliphatic carbocycles. The average Bonchev–Trinajstić information content (AvgIpc) is 2.34. The highest BCUT2D eigenvalue weighted by molar-refractivity contribution is 5.75. The summed E-state index contributed by atoms with van der Waals surface area (Å²) in [4.78, 5) is 13.6. The molecule has 1 aliphatic heterocycles. The number of carbonyl (C=O) groups excluding carboxylic acids is 1. The minimum absolute atomic E-state index is 0.147. The summed E-state index contributed by atoms with van der Waals surface area (Å²) in [6, 6.07) is 0.585. The van der Waals surface area contributed by atoms with E-state index in [0.29, 0.717) is 12.5 Å². The Morgan fingerprint density at radius 1 is 1.35 bits per heavy atom. The van der Waals surface area contributed by atoms with E-state index in [4.69, 9.17) is 0 Å². The Hall–Kier alpha value is -0.610. The maximum atomic E-state index is 11.1. The Morgan fingerprint density at radius 2 is 2.00 bits per heavy atom. The molecule has 1 rings (SSSR count). The molecule has 0 aromatic heterocycles. The molecule has 0 radical (unpaired) electrons. The van der Waals surface area contributed by atoms with Gasteiger partial charge in [-0.15, -0.1) is 0 Å². The number of nitrogens with zero attached hydrogens (tertiary/aromatic N) is 1. The highest BCUT2D eigenvalue weighted by atomic mass is 16.1. The largest absolute Gasteiger partial charge is 0.359 e. The summed E-state index contributed by atoms with van der Waals surface area (Å²) in [6.07, 6.45) is 3.15. The standard InChI is InChI=1S/C13H27N3O/c1-11(2)15-10-12-4-7-16(8-5-12)9-6-13(17)14-3/h11-12,15H,4-10H2,1-3H3,(H,14,17). The lowest BCUT2D eigenvalue weighted by atomic mass is 9.96. The second kappa shape index (κ2) is 7.67. The van der Waals surface area contributed by atoms with Gasteiger partial charge in [0.1, 0.15) is 0 Å². The van der Waals surface area contributed by atoms with Crippen LogP contribution < -0.4 is 10.6 Å². The molecule has 0 spiro atoms. The van der Waals surface area contributed by atoms with Crippen molar-refractivity contribution in [1.29, 1.82) is 0 Å². The predicted molar refractivity (Wildman–Crippen MR) is 71.0 cm³/mol. The van der Waals surface area contributed by atoms with E-state index in [9.17, 15) is 4.79 Å². The first-order chi connectivity index (χ1) is 8.11. The molecule has 4 nitrogen and oxygen atoms in total. The molecule has 1 saturated heterocycles. The van der Waals surface area contributed by atoms with Crippen molar-refractivity contribution < 1.29 is 4.79 Å². The van der Waals surface area contributed by atoms with E-state index in [0.717, 1.165) is 32.1 Å². The normalized spacial score (nSPS) is 18.6. The summed E-state index contributed by atoms with van der Waals surface area (Å²) in [7, 11) is 1.70. The fourth-order valence-corrected chi connectivity index (χ4v) is 2.20. The Labute approximate surface area is 105 Å². The molecule has 1 amide bonds. The molecule has 1 aliphatic rings. The van der Waals surface area contributed by atoms with Gasteiger partial charge in [-0.05, 0) is 38.4 Å². The first-order valence-electron chi connectivity index (χ1n) is 6.78. The maximum absolute atomic E-state index is 11.1. The van der Waals surface area contributed by atoms with E-state index >= 15 is 0 Å². The summed E-state index contributed by atoms with van der Waals surface area (Å²) in [5.41, 5.74) is 0. The van der Waals surface area contributed by atoms with Crippen LogP contribution in [0.3, 0.4) is 0 Å². The summed E-state index contributed by atoms with van der Waals surface area (Å²) in [6.45, 7) is 8.71. The molecule has 0 atom stereocenters. The minimum atomic E-state index is 0.147. The third-order valence-corrected chi connectivity index (χ3v) is 3.46. The third kappa shape index (κ3) is 6.03. The van der Waals surface area contributed by atoms with Gasteiger partial charge in [-0.25, -0.2) is 0 Å². The quantitative estimate of drug-likeness (QED) is 0.724. The van der Waals surface area contributed by atoms with Crippen molar-refractivity contribution in [3.63, 3.8) is 0 Å². The van der Waals surface area contributed by atoms with Crippen LogP contribution in [-0.2, 0) is 4.79 Å². The van der Waals surface area contributed by atoms with Crippen molar-refractivity contribution in [1.82, 2.24) is 15.5 Å². The molecule has 0 saturated carbocycles. The molecule has 0 aromatic rings. The van der Waals surface area contributed by atoms with Crippen LogP contribution in [0.15, 0.2) is 0 Å². The number of rotatable bonds is 6. The zero-order valence-electron chi connectivity index (χ0n) is 11.5. The fraction of sp³-hybridized carbons (Fsp3) is 0.923. The number of likely N-dealkylation sites (tertiary alicyclic amines) is 1. The monoisotopic (exact) mass is 241 g/mol. The van der Waals surface area contributed by atoms with Crippen molar-refractivity contribution in [2.45, 2.75) is 39.2 Å². The van der Waals surface area contributed by atoms with Crippen LogP contribution in [-0.4, -0.2) is 50.1 Å². The van der Waals surface area contributed by atoms with Gasteiger partial charge in [-0.2, -0.15) is 0 Å². The van der Waals surface area contributed by atoms with Crippen LogP contribution in [0.25, 0.3) is 0 Å². The van der Waals surface area contributed by atoms with E-state index in [1.165, 1.54) is 12.8 Å². The number of nitrogens with one attached hydrogen (secondary N) is 2. The molecule has 1 fully saturated rings. The third-order valence-electron chi connectivity index (χ3n) is 3.46. The Balaban J connectivity index is 2.11. The molecule has 4 heteroatoms. The number of piperidine rings is 1. The van der Waals surface area contributed by atoms with E-state index in [1.807, 2.05) is 0 Å². The van der Waals surface area contributed by atoms with E-state index in [2.05, 4.69) is 29.4 Å². The summed E-state index contributed by atoms with van der Waals surface area (Å²) >= 11 is 0. The summed E-state index contributed by atoms with van der Waals surface area (Å²) in [5, 5.41) is 6.18. The van der Waals surface area contributed by atoms with Crippen molar-refractivity contribution in [3.05, 3.63) is 0 Å². The molecule has 17 heavy (non-hydrogen) atoms. The van der Waals surface area contributed by atoms with Crippen LogP contribution in [0.2, 0.25) is 0 Å². The number of hydrogen-bond donors (Lipinski definition) is 2. The van der Waals surface area contributed by atoms with Gasteiger partial charge in [0.2, 0.25) is 5.91 Å². The smallest absolute Gasteiger partial charge is 0.221 e. The van der Waals surface area contributed by atoms with Gasteiger partial charge in [0, 0.05) is 26.1 Å². The minimum Gasteiger partial charge on any atom is -0.359 e. The number of hydrogen-bond acceptors (Lipinski definition) is 3. The van der Waals surface area contributed by atoms with Crippen LogP contribution in [0.1, 0.15) is 33.1 Å². The lowest BCUT2D eigenvalue weighted by Gasteiger charge is -2.32. The lowest BCUT2D eigenvalue weighted by molar-refractivity contribution is -0.121. The van der Waals surface area contributed by atoms with Crippen LogP contribution in [0, 0.1) is 5.92 Å². The van der Waals surface area contributed by atoms with Crippen molar-refractivity contribution in [3.8, 4) is 0 Å². The van der Waals surface area contributed by atoms with E-state index in [1.54, 1.807) is 7.05 Å². The van der Waals surface area contributed by atoms with Crippen molar-refractivity contribution in [2.75, 3.05) is 33.2 Å². The second-order valence-corrected chi connectivity index (χ2v) is 5.27. The van der Waals surface area contributed by atoms with Crippen LogP contribution in [0.4, 0.5) is 0 Å². The Morgan fingerprint density at radius 3 is 2.53 bits per heavy atom. The van der Waals surface area contributed by atoms with Gasteiger partial charge >= 0.3 is 0 Å². The van der Waals surface area contributed by atoms with Gasteiger partial charge < -0.3 is 15.5 Å². The molecular formula is C13H27N3O. The van der Waals surface area contributed by atoms with Gasteiger partial charge in [-0.1, -0.05) is 13.8 Å². The number of carbonyl (C=O) groups is 1. The van der Waals surface area contributed by atoms with Crippen molar-refractivity contribution in [2.24, 2.45) is 5.92 Å². The molecular weight excluding hydrogens is 214 g/mol. The number of amides is 1. The topological polar surface area (TPSA) is 44.4 Å². The Bertz CT molecular complexity index is 223.